The minimum Gasteiger partial charge on any atom is -0.497 e. The van der Waals surface area contributed by atoms with Crippen LogP contribution in [0, 0.1) is 5.92 Å². The van der Waals surface area contributed by atoms with Crippen LogP contribution in [0.4, 0.5) is 26.3 Å². The molecule has 3 rings (SSSR count). The van der Waals surface area contributed by atoms with Crippen LogP contribution in [0.1, 0.15) is 52.7 Å². The Labute approximate surface area is 205 Å². The smallest absolute Gasteiger partial charge is 0.416 e. The van der Waals surface area contributed by atoms with E-state index in [1.165, 1.54) is 0 Å². The number of carbonyl (C=O) groups is 1. The van der Waals surface area contributed by atoms with Crippen molar-refractivity contribution in [3.63, 3.8) is 0 Å². The molecule has 36 heavy (non-hydrogen) atoms. The Morgan fingerprint density at radius 3 is 2.03 bits per heavy atom. The van der Waals surface area contributed by atoms with Gasteiger partial charge in [0, 0.05) is 36.3 Å². The Morgan fingerprint density at radius 2 is 1.50 bits per heavy atom. The minimum absolute atomic E-state index is 0.00653. The van der Waals surface area contributed by atoms with Gasteiger partial charge in [0.1, 0.15) is 11.5 Å². The van der Waals surface area contributed by atoms with E-state index in [9.17, 15) is 31.1 Å². The largest absolute Gasteiger partial charge is 0.497 e. The molecule has 1 amide bonds. The number of carbonyl (C=O) groups excluding carboxylic acids is 1. The van der Waals surface area contributed by atoms with Crippen LogP contribution in [0.15, 0.2) is 36.4 Å². The highest BCUT2D eigenvalue weighted by Crippen LogP contribution is 2.36. The number of nitrogens with one attached hydrogen (secondary N) is 2. The summed E-state index contributed by atoms with van der Waals surface area (Å²) in [6, 6.07) is 6.70. The number of benzene rings is 2. The molecule has 0 bridgehead atoms. The minimum atomic E-state index is -5.00. The van der Waals surface area contributed by atoms with Crippen molar-refractivity contribution in [2.45, 2.75) is 50.6 Å². The molecule has 1 aliphatic rings. The number of hydrogen-bond donors (Lipinski definition) is 2. The standard InChI is InChI=1S/C25H28F6N2O3/c1-35-21-8-5-16(22(12-21)36-2)14-32-20-6-3-15(4-7-20)13-33-23(34)17-9-18(24(26,27)28)11-19(10-17)25(29,30)31/h5,8-12,15,20,32H,3-4,6-7,13-14H2,1-2H3,(H,33,34). The first-order valence-corrected chi connectivity index (χ1v) is 11.4. The summed E-state index contributed by atoms with van der Waals surface area (Å²) in [7, 11) is 3.16. The maximum atomic E-state index is 13.0. The molecular weight excluding hydrogens is 490 g/mol. The van der Waals surface area contributed by atoms with E-state index in [0.717, 1.165) is 31.2 Å². The molecule has 0 spiro atoms. The van der Waals surface area contributed by atoms with Crippen molar-refractivity contribution in [1.29, 1.82) is 0 Å². The van der Waals surface area contributed by atoms with Crippen LogP contribution in [0.5, 0.6) is 11.5 Å². The number of halogens is 6. The van der Waals surface area contributed by atoms with Gasteiger partial charge >= 0.3 is 12.4 Å². The average molecular weight is 518 g/mol. The van der Waals surface area contributed by atoms with Gasteiger partial charge in [-0.2, -0.15) is 26.3 Å². The van der Waals surface area contributed by atoms with Crippen LogP contribution < -0.4 is 20.1 Å². The van der Waals surface area contributed by atoms with E-state index in [-0.39, 0.29) is 24.6 Å². The van der Waals surface area contributed by atoms with E-state index < -0.39 is 35.0 Å². The molecule has 1 aliphatic carbocycles. The number of alkyl halides is 6. The second-order valence-corrected chi connectivity index (χ2v) is 8.78. The van der Waals surface area contributed by atoms with E-state index in [4.69, 9.17) is 9.47 Å². The lowest BCUT2D eigenvalue weighted by atomic mass is 9.86. The molecule has 2 aromatic carbocycles. The summed E-state index contributed by atoms with van der Waals surface area (Å²) in [5.41, 5.74) is -2.71. The molecule has 0 aliphatic heterocycles. The fraction of sp³-hybridized carbons (Fsp3) is 0.480. The van der Waals surface area contributed by atoms with Crippen molar-refractivity contribution >= 4 is 5.91 Å². The van der Waals surface area contributed by atoms with Gasteiger partial charge in [-0.15, -0.1) is 0 Å². The molecule has 198 valence electrons. The van der Waals surface area contributed by atoms with Gasteiger partial charge < -0.3 is 20.1 Å². The van der Waals surface area contributed by atoms with Gasteiger partial charge in [0.15, 0.2) is 0 Å². The summed E-state index contributed by atoms with van der Waals surface area (Å²) in [4.78, 5) is 12.4. The van der Waals surface area contributed by atoms with Crippen LogP contribution >= 0.6 is 0 Å². The maximum Gasteiger partial charge on any atom is 0.416 e. The van der Waals surface area contributed by atoms with Crippen LogP contribution in [-0.4, -0.2) is 32.7 Å². The van der Waals surface area contributed by atoms with Crippen LogP contribution in [0.2, 0.25) is 0 Å². The van der Waals surface area contributed by atoms with Crippen LogP contribution in [-0.2, 0) is 18.9 Å². The van der Waals surface area contributed by atoms with Crippen molar-refractivity contribution in [2.24, 2.45) is 5.92 Å². The van der Waals surface area contributed by atoms with E-state index in [2.05, 4.69) is 10.6 Å². The fourth-order valence-electron chi connectivity index (χ4n) is 4.25. The van der Waals surface area contributed by atoms with Crippen LogP contribution in [0.25, 0.3) is 0 Å². The number of rotatable bonds is 8. The molecule has 0 saturated heterocycles. The van der Waals surface area contributed by atoms with E-state index in [1.807, 2.05) is 12.1 Å². The van der Waals surface area contributed by atoms with Gasteiger partial charge in [-0.3, -0.25) is 4.79 Å². The Kier molecular flexibility index (Phi) is 8.76. The van der Waals surface area contributed by atoms with Gasteiger partial charge in [0.05, 0.1) is 25.3 Å². The fourth-order valence-corrected chi connectivity index (χ4v) is 4.25. The van der Waals surface area contributed by atoms with Crippen molar-refractivity contribution in [1.82, 2.24) is 10.6 Å². The summed E-state index contributed by atoms with van der Waals surface area (Å²) in [5.74, 6) is 0.522. The molecule has 11 heteroatoms. The predicted molar refractivity (Wildman–Crippen MR) is 121 cm³/mol. The van der Waals surface area contributed by atoms with Gasteiger partial charge in [0.2, 0.25) is 0 Å². The summed E-state index contributed by atoms with van der Waals surface area (Å²) in [6.07, 6.45) is -6.85. The summed E-state index contributed by atoms with van der Waals surface area (Å²) in [6.45, 7) is 0.770. The highest BCUT2D eigenvalue weighted by molar-refractivity contribution is 5.94. The number of methoxy groups -OCH3 is 2. The Morgan fingerprint density at radius 1 is 0.889 bits per heavy atom. The summed E-state index contributed by atoms with van der Waals surface area (Å²) >= 11 is 0. The second-order valence-electron chi connectivity index (χ2n) is 8.78. The maximum absolute atomic E-state index is 13.0. The van der Waals surface area contributed by atoms with Crippen molar-refractivity contribution in [3.05, 3.63) is 58.7 Å². The van der Waals surface area contributed by atoms with Gasteiger partial charge in [-0.05, 0) is 55.9 Å². The zero-order valence-electron chi connectivity index (χ0n) is 19.9. The molecule has 2 N–H and O–H groups in total. The van der Waals surface area contributed by atoms with Crippen molar-refractivity contribution < 1.29 is 40.6 Å². The Hall–Kier alpha value is -2.95. The van der Waals surface area contributed by atoms with Gasteiger partial charge in [-0.25, -0.2) is 0 Å². The molecule has 0 unspecified atom stereocenters. The highest BCUT2D eigenvalue weighted by atomic mass is 19.4. The molecule has 0 aromatic heterocycles. The zero-order valence-corrected chi connectivity index (χ0v) is 19.9. The van der Waals surface area contributed by atoms with Crippen LogP contribution in [0.3, 0.4) is 0 Å². The first-order chi connectivity index (χ1) is 16.9. The molecule has 5 nitrogen and oxygen atoms in total. The highest BCUT2D eigenvalue weighted by Gasteiger charge is 2.37. The predicted octanol–water partition coefficient (Wildman–Crippen LogP) is 5.82. The third-order valence-electron chi connectivity index (χ3n) is 6.32. The Balaban J connectivity index is 1.52. The molecular formula is C25H28F6N2O3. The summed E-state index contributed by atoms with van der Waals surface area (Å²) < 4.78 is 88.9. The lowest BCUT2D eigenvalue weighted by Crippen LogP contribution is -2.37. The lowest BCUT2D eigenvalue weighted by molar-refractivity contribution is -0.143. The lowest BCUT2D eigenvalue weighted by Gasteiger charge is -2.29. The zero-order chi connectivity index (χ0) is 26.5. The SMILES string of the molecule is COc1ccc(CNC2CCC(CNC(=O)c3cc(C(F)(F)F)cc(C(F)(F)F)c3)CC2)c(OC)c1. The third-order valence-corrected chi connectivity index (χ3v) is 6.32. The van der Waals surface area contributed by atoms with E-state index >= 15 is 0 Å². The quantitative estimate of drug-likeness (QED) is 0.433. The van der Waals surface area contributed by atoms with Gasteiger partial charge in [-0.1, -0.05) is 6.07 Å². The molecule has 1 saturated carbocycles. The number of amides is 1. The number of hydrogen-bond acceptors (Lipinski definition) is 4. The molecule has 0 heterocycles. The van der Waals surface area contributed by atoms with E-state index in [1.54, 1.807) is 20.3 Å². The molecule has 0 atom stereocenters. The van der Waals surface area contributed by atoms with Crippen molar-refractivity contribution in [3.8, 4) is 11.5 Å². The normalized spacial score (nSPS) is 18.6. The topological polar surface area (TPSA) is 59.6 Å². The van der Waals surface area contributed by atoms with E-state index in [0.29, 0.717) is 30.2 Å². The molecule has 0 radical (unpaired) electrons. The molecule has 1 fully saturated rings. The monoisotopic (exact) mass is 518 g/mol. The second kappa shape index (κ2) is 11.4. The third kappa shape index (κ3) is 7.28. The van der Waals surface area contributed by atoms with Gasteiger partial charge in [0.25, 0.3) is 5.91 Å². The first-order valence-electron chi connectivity index (χ1n) is 11.4. The summed E-state index contributed by atoms with van der Waals surface area (Å²) in [5, 5.41) is 5.98. The first kappa shape index (κ1) is 27.6. The molecule has 2 aromatic rings. The van der Waals surface area contributed by atoms with Crippen molar-refractivity contribution in [2.75, 3.05) is 20.8 Å². The average Bonchev–Trinajstić information content (AvgIpc) is 2.85. The number of ether oxygens (including phenoxy) is 2. The Bertz CT molecular complexity index is 1010.